The van der Waals surface area contributed by atoms with E-state index in [-0.39, 0.29) is 0 Å². The average Bonchev–Trinajstić information content (AvgIpc) is 2.87. The minimum atomic E-state index is 0.942. The predicted molar refractivity (Wildman–Crippen MR) is 147 cm³/mol. The van der Waals surface area contributed by atoms with Crippen molar-refractivity contribution in [2.75, 3.05) is 0 Å². The monoisotopic (exact) mass is 553 g/mol. The maximum Gasteiger partial charge on any atom is 0.0110 e. The van der Waals surface area contributed by atoms with Gasteiger partial charge >= 0.3 is 0 Å². The van der Waals surface area contributed by atoms with E-state index in [0.717, 1.165) is 45.7 Å². The summed E-state index contributed by atoms with van der Waals surface area (Å²) in [5.41, 5.74) is 0. The maximum absolute atomic E-state index is 3.18. The molecule has 0 saturated heterocycles. The third-order valence-electron chi connectivity index (χ3n) is 11.0. The highest BCUT2D eigenvalue weighted by Crippen LogP contribution is 2.46. The Morgan fingerprint density at radius 2 is 0.656 bits per heavy atom. The molecule has 5 aliphatic rings. The number of alkyl halides is 1. The van der Waals surface area contributed by atoms with Crippen molar-refractivity contribution in [3.8, 4) is 0 Å². The zero-order chi connectivity index (χ0) is 21.8. The van der Waals surface area contributed by atoms with E-state index in [2.05, 4.69) is 27.5 Å². The lowest BCUT2D eigenvalue weighted by Crippen LogP contribution is -2.52. The smallest absolute Gasteiger partial charge is 0.0110 e. The van der Waals surface area contributed by atoms with E-state index in [1.54, 1.807) is 51.4 Å². The lowest BCUT2D eigenvalue weighted by Gasteiger charge is -2.49. The van der Waals surface area contributed by atoms with Gasteiger partial charge in [-0.3, -0.25) is 4.90 Å². The summed E-state index contributed by atoms with van der Waals surface area (Å²) in [5.74, 6) is 4.36. The third kappa shape index (κ3) is 6.08. The van der Waals surface area contributed by atoms with Gasteiger partial charge < -0.3 is 0 Å². The summed E-state index contributed by atoms with van der Waals surface area (Å²) in [6, 6.07) is 2.83. The second kappa shape index (κ2) is 12.1. The molecule has 0 aromatic heterocycles. The average molecular weight is 554 g/mol. The van der Waals surface area contributed by atoms with Gasteiger partial charge in [0, 0.05) is 22.1 Å². The molecule has 0 spiro atoms. The Balaban J connectivity index is 1.11. The Hall–Kier alpha value is 0.690. The van der Waals surface area contributed by atoms with Gasteiger partial charge in [0.25, 0.3) is 0 Å². The first-order valence-electron chi connectivity index (χ1n) is 15.2. The van der Waals surface area contributed by atoms with Crippen LogP contribution in [0.4, 0.5) is 0 Å². The van der Waals surface area contributed by atoms with Crippen LogP contribution in [0.15, 0.2) is 0 Å². The molecule has 0 amide bonds. The molecule has 0 aromatic rings. The summed E-state index contributed by atoms with van der Waals surface area (Å²) in [7, 11) is 0. The van der Waals surface area contributed by atoms with E-state index in [1.807, 2.05) is 0 Å². The lowest BCUT2D eigenvalue weighted by atomic mass is 9.66. The summed E-state index contributed by atoms with van der Waals surface area (Å²) in [6.45, 7) is 0. The van der Waals surface area contributed by atoms with Crippen LogP contribution in [-0.2, 0) is 0 Å². The number of hydrogen-bond donors (Lipinski definition) is 0. The van der Waals surface area contributed by atoms with Crippen molar-refractivity contribution in [1.82, 2.24) is 4.90 Å². The fourth-order valence-corrected chi connectivity index (χ4v) is 9.88. The predicted octanol–water partition coefficient (Wildman–Crippen LogP) is 9.31. The van der Waals surface area contributed by atoms with E-state index in [1.165, 1.54) is 89.9 Å². The Bertz CT molecular complexity index is 509. The van der Waals surface area contributed by atoms with E-state index >= 15 is 0 Å². The SMILES string of the molecule is IC1CCC(C2CCC(C3CCC(N(C4CCCCC4)C4CCCCC4)CC3)CC2)CC1. The molecule has 1 nitrogen and oxygen atoms in total. The second-order valence-corrected chi connectivity index (χ2v) is 14.5. The van der Waals surface area contributed by atoms with Crippen molar-refractivity contribution in [3.05, 3.63) is 0 Å². The van der Waals surface area contributed by atoms with Gasteiger partial charge in [-0.25, -0.2) is 0 Å². The van der Waals surface area contributed by atoms with Crippen LogP contribution >= 0.6 is 22.6 Å². The fourth-order valence-electron chi connectivity index (χ4n) is 9.16. The van der Waals surface area contributed by atoms with Gasteiger partial charge in [-0.2, -0.15) is 0 Å². The molecule has 5 rings (SSSR count). The van der Waals surface area contributed by atoms with Crippen LogP contribution in [0.25, 0.3) is 0 Å². The van der Waals surface area contributed by atoms with Crippen molar-refractivity contribution in [1.29, 1.82) is 0 Å². The topological polar surface area (TPSA) is 3.24 Å². The number of halogens is 1. The zero-order valence-corrected chi connectivity index (χ0v) is 23.2. The Morgan fingerprint density at radius 1 is 0.344 bits per heavy atom. The van der Waals surface area contributed by atoms with Crippen molar-refractivity contribution in [2.45, 2.75) is 163 Å². The molecule has 0 unspecified atom stereocenters. The van der Waals surface area contributed by atoms with E-state index in [9.17, 15) is 0 Å². The van der Waals surface area contributed by atoms with Crippen LogP contribution in [0.5, 0.6) is 0 Å². The van der Waals surface area contributed by atoms with Gasteiger partial charge in [-0.1, -0.05) is 61.1 Å². The highest BCUT2D eigenvalue weighted by atomic mass is 127. The van der Waals surface area contributed by atoms with Crippen LogP contribution in [0.1, 0.15) is 141 Å². The first kappa shape index (κ1) is 24.4. The van der Waals surface area contributed by atoms with Crippen molar-refractivity contribution in [3.63, 3.8) is 0 Å². The van der Waals surface area contributed by atoms with Gasteiger partial charge in [-0.15, -0.1) is 0 Å². The van der Waals surface area contributed by atoms with Crippen LogP contribution in [-0.4, -0.2) is 27.0 Å². The van der Waals surface area contributed by atoms with Gasteiger partial charge in [0.2, 0.25) is 0 Å². The summed E-state index contributed by atoms with van der Waals surface area (Å²) >= 11 is 2.70. The summed E-state index contributed by atoms with van der Waals surface area (Å²) < 4.78 is 0.983. The van der Waals surface area contributed by atoms with Crippen molar-refractivity contribution < 1.29 is 0 Å². The van der Waals surface area contributed by atoms with Crippen molar-refractivity contribution >= 4 is 22.6 Å². The zero-order valence-electron chi connectivity index (χ0n) is 21.0. The molecular weight excluding hydrogens is 501 g/mol. The first-order valence-corrected chi connectivity index (χ1v) is 16.4. The lowest BCUT2D eigenvalue weighted by molar-refractivity contribution is 0.00711. The van der Waals surface area contributed by atoms with Crippen LogP contribution in [0.3, 0.4) is 0 Å². The van der Waals surface area contributed by atoms with Gasteiger partial charge in [0.05, 0.1) is 0 Å². The minimum absolute atomic E-state index is 0.942. The third-order valence-corrected chi connectivity index (χ3v) is 12.3. The van der Waals surface area contributed by atoms with E-state index in [0.29, 0.717) is 0 Å². The molecule has 5 saturated carbocycles. The maximum atomic E-state index is 3.18. The van der Waals surface area contributed by atoms with Gasteiger partial charge in [0.1, 0.15) is 0 Å². The number of hydrogen-bond acceptors (Lipinski definition) is 1. The van der Waals surface area contributed by atoms with E-state index < -0.39 is 0 Å². The molecule has 0 aliphatic heterocycles. The molecule has 0 N–H and O–H groups in total. The highest BCUT2D eigenvalue weighted by Gasteiger charge is 2.38. The number of rotatable bonds is 5. The molecule has 0 heterocycles. The molecule has 0 radical (unpaired) electrons. The fraction of sp³-hybridized carbons (Fsp3) is 1.00. The van der Waals surface area contributed by atoms with E-state index in [4.69, 9.17) is 0 Å². The normalized spacial score (nSPS) is 41.1. The molecule has 0 aromatic carbocycles. The Labute approximate surface area is 213 Å². The summed E-state index contributed by atoms with van der Waals surface area (Å²) in [5, 5.41) is 0. The molecule has 0 atom stereocenters. The molecule has 0 bridgehead atoms. The van der Waals surface area contributed by atoms with Crippen molar-refractivity contribution in [2.24, 2.45) is 23.7 Å². The Kier molecular flexibility index (Phi) is 9.21. The molecular formula is C30H52IN. The first-order chi connectivity index (χ1) is 15.8. The molecule has 184 valence electrons. The molecule has 5 aliphatic carbocycles. The number of nitrogens with zero attached hydrogens (tertiary/aromatic N) is 1. The van der Waals surface area contributed by atoms with Crippen LogP contribution in [0.2, 0.25) is 0 Å². The standard InChI is InChI=1S/C30H52IN/c31-27-19-15-25(16-20-27)23-11-13-24(14-12-23)26-17-21-30(22-18-26)32(28-7-3-1-4-8-28)29-9-5-2-6-10-29/h23-30H,1-22H2. The molecule has 32 heavy (non-hydrogen) atoms. The quantitative estimate of drug-likeness (QED) is 0.242. The summed E-state index contributed by atoms with van der Waals surface area (Å²) in [4.78, 5) is 3.18. The minimum Gasteiger partial charge on any atom is -0.294 e. The molecule has 2 heteroatoms. The molecule has 5 fully saturated rings. The second-order valence-electron chi connectivity index (χ2n) is 12.8. The summed E-state index contributed by atoms with van der Waals surface area (Å²) in [6.07, 6.45) is 33.7. The Morgan fingerprint density at radius 3 is 1.06 bits per heavy atom. The largest absolute Gasteiger partial charge is 0.294 e. The van der Waals surface area contributed by atoms with Gasteiger partial charge in [-0.05, 0) is 126 Å². The van der Waals surface area contributed by atoms with Crippen LogP contribution in [0, 0.1) is 23.7 Å². The highest BCUT2D eigenvalue weighted by molar-refractivity contribution is 14.1. The van der Waals surface area contributed by atoms with Gasteiger partial charge in [0.15, 0.2) is 0 Å². The van der Waals surface area contributed by atoms with Crippen LogP contribution < -0.4 is 0 Å².